The maximum Gasteiger partial charge on any atom is 0.244 e. The molecule has 1 aromatic carbocycles. The quantitative estimate of drug-likeness (QED) is 0.638. The van der Waals surface area contributed by atoms with Gasteiger partial charge >= 0.3 is 0 Å². The Balaban J connectivity index is 2.47. The van der Waals surface area contributed by atoms with Gasteiger partial charge in [-0.15, -0.1) is 0 Å². The molecule has 1 fully saturated rings. The van der Waals surface area contributed by atoms with E-state index in [1.165, 1.54) is 10.4 Å². The third-order valence-electron chi connectivity index (χ3n) is 3.64. The molecule has 9 heteroatoms. The molecule has 1 atom stereocenters. The Morgan fingerprint density at radius 1 is 1.30 bits per heavy atom. The number of hydrogen-bond acceptors (Lipinski definition) is 4. The summed E-state index contributed by atoms with van der Waals surface area (Å²) in [7, 11) is -6.96. The highest BCUT2D eigenvalue weighted by Crippen LogP contribution is 2.32. The third kappa shape index (κ3) is 4.56. The number of halogens is 2. The molecule has 0 aliphatic carbocycles. The van der Waals surface area contributed by atoms with E-state index in [1.54, 1.807) is 12.1 Å². The Morgan fingerprint density at radius 3 is 2.48 bits per heavy atom. The Hall–Kier alpha value is 0.0400. The smallest absolute Gasteiger partial charge is 0.229 e. The molecule has 23 heavy (non-hydrogen) atoms. The summed E-state index contributed by atoms with van der Waals surface area (Å²) >= 11 is 6.58. The number of benzene rings is 1. The number of rotatable bonds is 5. The van der Waals surface area contributed by atoms with E-state index in [9.17, 15) is 16.8 Å². The summed E-state index contributed by atoms with van der Waals surface area (Å²) in [6.07, 6.45) is 0.347. The molecule has 1 aliphatic heterocycles. The first-order valence-corrected chi connectivity index (χ1v) is 12.0. The van der Waals surface area contributed by atoms with Crippen molar-refractivity contribution in [2.45, 2.75) is 31.2 Å². The Kier molecular flexibility index (Phi) is 5.99. The Morgan fingerprint density at radius 2 is 1.96 bits per heavy atom. The van der Waals surface area contributed by atoms with Crippen LogP contribution < -0.4 is 0 Å². The molecule has 1 aliphatic rings. The van der Waals surface area contributed by atoms with Crippen LogP contribution in [0.4, 0.5) is 0 Å². The largest absolute Gasteiger partial charge is 0.244 e. The van der Waals surface area contributed by atoms with E-state index in [1.807, 2.05) is 13.8 Å². The van der Waals surface area contributed by atoms with Crippen LogP contribution in [0, 0.1) is 5.92 Å². The van der Waals surface area contributed by atoms with Gasteiger partial charge in [-0.05, 0) is 46.5 Å². The lowest BCUT2D eigenvalue weighted by Gasteiger charge is -2.29. The zero-order valence-corrected chi connectivity index (χ0v) is 17.7. The van der Waals surface area contributed by atoms with Crippen LogP contribution in [0.5, 0.6) is 0 Å². The van der Waals surface area contributed by atoms with Crippen molar-refractivity contribution in [1.82, 2.24) is 4.31 Å². The minimum Gasteiger partial charge on any atom is -0.229 e. The van der Waals surface area contributed by atoms with Crippen LogP contribution in [-0.4, -0.2) is 45.2 Å². The van der Waals surface area contributed by atoms with E-state index in [0.29, 0.717) is 21.9 Å². The molecule has 0 amide bonds. The van der Waals surface area contributed by atoms with Crippen LogP contribution >= 0.6 is 31.9 Å². The molecule has 1 saturated heterocycles. The minimum absolute atomic E-state index is 0.0431. The maximum absolute atomic E-state index is 13.1. The molecule has 0 saturated carbocycles. The zero-order chi connectivity index (χ0) is 17.4. The van der Waals surface area contributed by atoms with Gasteiger partial charge in [0.05, 0.1) is 16.4 Å². The van der Waals surface area contributed by atoms with E-state index in [-0.39, 0.29) is 22.3 Å². The molecule has 0 spiro atoms. The monoisotopic (exact) mass is 487 g/mol. The first-order chi connectivity index (χ1) is 10.5. The molecule has 1 unspecified atom stereocenters. The summed E-state index contributed by atoms with van der Waals surface area (Å²) in [4.78, 5) is 0.150. The Bertz CT molecular complexity index is 791. The fourth-order valence-electron chi connectivity index (χ4n) is 2.61. The SMILES string of the molecule is CC(C)CN(C1CCS(=O)(=O)C1)S(=O)(=O)c1cc(Br)ccc1Br. The van der Waals surface area contributed by atoms with Gasteiger partial charge in [0.1, 0.15) is 0 Å². The van der Waals surface area contributed by atoms with Gasteiger partial charge in [0, 0.05) is 21.5 Å². The van der Waals surface area contributed by atoms with Crippen LogP contribution in [0.2, 0.25) is 0 Å². The molecule has 130 valence electrons. The highest BCUT2D eigenvalue weighted by molar-refractivity contribution is 9.11. The standard InChI is InChI=1S/C14H19Br2NO4S2/c1-10(2)8-17(12-5-6-22(18,19)9-12)23(20,21)14-7-11(15)3-4-13(14)16/h3-4,7,10,12H,5-6,8-9H2,1-2H3. The second-order valence-corrected chi connectivity index (χ2v) is 12.0. The van der Waals surface area contributed by atoms with Crippen molar-refractivity contribution in [3.8, 4) is 0 Å². The predicted octanol–water partition coefficient (Wildman–Crippen LogP) is 3.05. The van der Waals surface area contributed by atoms with E-state index in [0.717, 1.165) is 0 Å². The summed E-state index contributed by atoms with van der Waals surface area (Å²) < 4.78 is 52.3. The molecule has 1 heterocycles. The highest BCUT2D eigenvalue weighted by atomic mass is 79.9. The second kappa shape index (κ2) is 7.11. The lowest BCUT2D eigenvalue weighted by molar-refractivity contribution is 0.307. The second-order valence-electron chi connectivity index (χ2n) is 6.10. The molecule has 0 aromatic heterocycles. The predicted molar refractivity (Wildman–Crippen MR) is 97.6 cm³/mol. The van der Waals surface area contributed by atoms with E-state index in [4.69, 9.17) is 0 Å². The number of sulfone groups is 1. The number of sulfonamides is 1. The average Bonchev–Trinajstić information content (AvgIpc) is 2.78. The van der Waals surface area contributed by atoms with Gasteiger partial charge < -0.3 is 0 Å². The van der Waals surface area contributed by atoms with E-state index in [2.05, 4.69) is 31.9 Å². The molecule has 0 bridgehead atoms. The van der Waals surface area contributed by atoms with Gasteiger partial charge in [0.25, 0.3) is 0 Å². The molecule has 0 radical (unpaired) electrons. The molecule has 2 rings (SSSR count). The normalized spacial score (nSPS) is 21.2. The fourth-order valence-corrected chi connectivity index (χ4v) is 7.71. The number of nitrogens with zero attached hydrogens (tertiary/aromatic N) is 1. The van der Waals surface area contributed by atoms with Gasteiger partial charge in [-0.25, -0.2) is 16.8 Å². The summed E-state index contributed by atoms with van der Waals surface area (Å²) in [5, 5.41) is 0. The van der Waals surface area contributed by atoms with Crippen molar-refractivity contribution in [3.05, 3.63) is 27.1 Å². The van der Waals surface area contributed by atoms with E-state index < -0.39 is 25.9 Å². The van der Waals surface area contributed by atoms with Crippen LogP contribution in [0.15, 0.2) is 32.0 Å². The van der Waals surface area contributed by atoms with Gasteiger partial charge in [0.15, 0.2) is 9.84 Å². The summed E-state index contributed by atoms with van der Waals surface area (Å²) in [6.45, 7) is 4.13. The van der Waals surface area contributed by atoms with Gasteiger partial charge in [-0.2, -0.15) is 4.31 Å². The van der Waals surface area contributed by atoms with Crippen LogP contribution in [0.3, 0.4) is 0 Å². The van der Waals surface area contributed by atoms with Gasteiger partial charge in [-0.1, -0.05) is 29.8 Å². The topological polar surface area (TPSA) is 71.5 Å². The van der Waals surface area contributed by atoms with Crippen LogP contribution in [-0.2, 0) is 19.9 Å². The third-order valence-corrected chi connectivity index (χ3v) is 8.80. The maximum atomic E-state index is 13.1. The Labute approximate surface area is 154 Å². The lowest BCUT2D eigenvalue weighted by atomic mass is 10.2. The highest BCUT2D eigenvalue weighted by Gasteiger charge is 2.39. The molecular formula is C14H19Br2NO4S2. The number of hydrogen-bond donors (Lipinski definition) is 0. The first-order valence-electron chi connectivity index (χ1n) is 7.20. The first kappa shape index (κ1) is 19.4. The zero-order valence-electron chi connectivity index (χ0n) is 12.9. The minimum atomic E-state index is -3.79. The van der Waals surface area contributed by atoms with Crippen molar-refractivity contribution in [1.29, 1.82) is 0 Å². The van der Waals surface area contributed by atoms with Crippen molar-refractivity contribution in [2.75, 3.05) is 18.1 Å². The van der Waals surface area contributed by atoms with Crippen molar-refractivity contribution in [3.63, 3.8) is 0 Å². The van der Waals surface area contributed by atoms with E-state index >= 15 is 0 Å². The summed E-state index contributed by atoms with van der Waals surface area (Å²) in [6, 6.07) is 4.44. The van der Waals surface area contributed by atoms with Crippen LogP contribution in [0.1, 0.15) is 20.3 Å². The lowest BCUT2D eigenvalue weighted by Crippen LogP contribution is -2.43. The molecular weight excluding hydrogens is 470 g/mol. The summed E-state index contributed by atoms with van der Waals surface area (Å²) in [5.74, 6) is 0.0328. The molecule has 5 nitrogen and oxygen atoms in total. The molecule has 0 N–H and O–H groups in total. The van der Waals surface area contributed by atoms with Crippen molar-refractivity contribution in [2.24, 2.45) is 5.92 Å². The average molecular weight is 489 g/mol. The summed E-state index contributed by atoms with van der Waals surface area (Å²) in [5.41, 5.74) is 0. The van der Waals surface area contributed by atoms with Gasteiger partial charge in [0.2, 0.25) is 10.0 Å². The van der Waals surface area contributed by atoms with Gasteiger partial charge in [-0.3, -0.25) is 0 Å². The molecule has 1 aromatic rings. The van der Waals surface area contributed by atoms with Crippen molar-refractivity contribution < 1.29 is 16.8 Å². The fraction of sp³-hybridized carbons (Fsp3) is 0.571. The van der Waals surface area contributed by atoms with Crippen molar-refractivity contribution >= 4 is 51.7 Å². The van der Waals surface area contributed by atoms with Crippen LogP contribution in [0.25, 0.3) is 0 Å².